The number of benzene rings is 1. The molecular weight excluding hydrogens is 272 g/mol. The highest BCUT2D eigenvalue weighted by atomic mass is 79.9. The van der Waals surface area contributed by atoms with E-state index in [-0.39, 0.29) is 4.83 Å². The number of halogens is 1. The number of hydrogen-bond donors (Lipinski definition) is 0. The summed E-state index contributed by atoms with van der Waals surface area (Å²) in [6, 6.07) is 12.3. The standard InChI is InChI=1S/C12H11BrOS/c1-14-10-6-3-2-5-9(10)12(13)11-7-4-8-15-11/h2-8,12H,1H3. The van der Waals surface area contributed by atoms with Crippen molar-refractivity contribution in [3.8, 4) is 5.75 Å². The van der Waals surface area contributed by atoms with E-state index in [2.05, 4.69) is 39.5 Å². The molecule has 15 heavy (non-hydrogen) atoms. The molecule has 0 saturated carbocycles. The summed E-state index contributed by atoms with van der Waals surface area (Å²) in [6.07, 6.45) is 0. The first kappa shape index (κ1) is 10.7. The molecule has 0 aliphatic carbocycles. The molecule has 0 fully saturated rings. The van der Waals surface area contributed by atoms with Gasteiger partial charge in [0.25, 0.3) is 0 Å². The van der Waals surface area contributed by atoms with Crippen molar-refractivity contribution in [2.24, 2.45) is 0 Å². The molecule has 1 unspecified atom stereocenters. The smallest absolute Gasteiger partial charge is 0.123 e. The van der Waals surface area contributed by atoms with Crippen LogP contribution in [0.25, 0.3) is 0 Å². The van der Waals surface area contributed by atoms with Crippen molar-refractivity contribution in [2.45, 2.75) is 4.83 Å². The fourth-order valence-corrected chi connectivity index (χ4v) is 3.04. The topological polar surface area (TPSA) is 9.23 Å². The van der Waals surface area contributed by atoms with Gasteiger partial charge in [0, 0.05) is 10.4 Å². The molecule has 1 nitrogen and oxygen atoms in total. The number of methoxy groups -OCH3 is 1. The number of hydrogen-bond acceptors (Lipinski definition) is 2. The third kappa shape index (κ3) is 2.24. The molecule has 0 bridgehead atoms. The molecule has 78 valence electrons. The van der Waals surface area contributed by atoms with Crippen LogP contribution in [0.2, 0.25) is 0 Å². The molecule has 0 aliphatic rings. The van der Waals surface area contributed by atoms with Gasteiger partial charge in [-0.15, -0.1) is 11.3 Å². The van der Waals surface area contributed by atoms with Crippen LogP contribution in [0.4, 0.5) is 0 Å². The van der Waals surface area contributed by atoms with E-state index in [1.54, 1.807) is 18.4 Å². The lowest BCUT2D eigenvalue weighted by atomic mass is 10.1. The Morgan fingerprint density at radius 3 is 2.67 bits per heavy atom. The van der Waals surface area contributed by atoms with Gasteiger partial charge in [-0.2, -0.15) is 0 Å². The second kappa shape index (κ2) is 4.81. The first-order chi connectivity index (χ1) is 7.33. The Bertz CT molecular complexity index is 425. The number of para-hydroxylation sites is 1. The third-order valence-electron chi connectivity index (χ3n) is 2.20. The second-order valence-electron chi connectivity index (χ2n) is 3.12. The van der Waals surface area contributed by atoms with Crippen LogP contribution in [-0.4, -0.2) is 7.11 Å². The van der Waals surface area contributed by atoms with E-state index < -0.39 is 0 Å². The van der Waals surface area contributed by atoms with Gasteiger partial charge in [-0.05, 0) is 17.5 Å². The van der Waals surface area contributed by atoms with E-state index in [1.165, 1.54) is 10.4 Å². The zero-order chi connectivity index (χ0) is 10.7. The maximum atomic E-state index is 5.34. The van der Waals surface area contributed by atoms with Crippen LogP contribution < -0.4 is 4.74 Å². The van der Waals surface area contributed by atoms with Gasteiger partial charge in [-0.1, -0.05) is 40.2 Å². The number of ether oxygens (including phenoxy) is 1. The average molecular weight is 283 g/mol. The van der Waals surface area contributed by atoms with Crippen molar-refractivity contribution >= 4 is 27.3 Å². The maximum absolute atomic E-state index is 5.34. The molecule has 3 heteroatoms. The summed E-state index contributed by atoms with van der Waals surface area (Å²) in [4.78, 5) is 1.51. The van der Waals surface area contributed by atoms with E-state index in [4.69, 9.17) is 4.74 Å². The van der Waals surface area contributed by atoms with Crippen LogP contribution in [0.3, 0.4) is 0 Å². The summed E-state index contributed by atoms with van der Waals surface area (Å²) in [6.45, 7) is 0. The van der Waals surface area contributed by atoms with Crippen molar-refractivity contribution in [3.63, 3.8) is 0 Å². The number of thiophene rings is 1. The highest BCUT2D eigenvalue weighted by Crippen LogP contribution is 2.38. The molecule has 0 saturated heterocycles. The minimum absolute atomic E-state index is 0.216. The second-order valence-corrected chi connectivity index (χ2v) is 5.01. The first-order valence-corrected chi connectivity index (χ1v) is 6.43. The molecule has 1 heterocycles. The Morgan fingerprint density at radius 2 is 2.00 bits per heavy atom. The van der Waals surface area contributed by atoms with Crippen molar-refractivity contribution in [2.75, 3.05) is 7.11 Å². The van der Waals surface area contributed by atoms with E-state index in [0.29, 0.717) is 0 Å². The predicted molar refractivity (Wildman–Crippen MR) is 68.1 cm³/mol. The van der Waals surface area contributed by atoms with Crippen LogP contribution in [0.1, 0.15) is 15.3 Å². The summed E-state index contributed by atoms with van der Waals surface area (Å²) in [5.41, 5.74) is 1.17. The highest BCUT2D eigenvalue weighted by molar-refractivity contribution is 9.09. The number of rotatable bonds is 3. The minimum Gasteiger partial charge on any atom is -0.496 e. The van der Waals surface area contributed by atoms with Crippen LogP contribution in [0, 0.1) is 0 Å². The average Bonchev–Trinajstić information content (AvgIpc) is 2.81. The summed E-state index contributed by atoms with van der Waals surface area (Å²) < 4.78 is 5.34. The zero-order valence-corrected chi connectivity index (χ0v) is 10.7. The van der Waals surface area contributed by atoms with Gasteiger partial charge in [-0.3, -0.25) is 0 Å². The molecule has 0 N–H and O–H groups in total. The van der Waals surface area contributed by atoms with Gasteiger partial charge in [0.1, 0.15) is 5.75 Å². The summed E-state index contributed by atoms with van der Waals surface area (Å²) in [5.74, 6) is 0.924. The molecule has 1 aromatic carbocycles. The van der Waals surface area contributed by atoms with Gasteiger partial charge in [0.15, 0.2) is 0 Å². The molecule has 2 rings (SSSR count). The first-order valence-electron chi connectivity index (χ1n) is 4.63. The lowest BCUT2D eigenvalue weighted by molar-refractivity contribution is 0.410. The Labute approximate surface area is 102 Å². The van der Waals surface area contributed by atoms with Gasteiger partial charge in [0.05, 0.1) is 11.9 Å². The van der Waals surface area contributed by atoms with Crippen molar-refractivity contribution in [1.29, 1.82) is 0 Å². The number of alkyl halides is 1. The largest absolute Gasteiger partial charge is 0.496 e. The molecule has 0 spiro atoms. The van der Waals surface area contributed by atoms with E-state index in [1.807, 2.05) is 18.2 Å². The third-order valence-corrected chi connectivity index (χ3v) is 4.43. The zero-order valence-electron chi connectivity index (χ0n) is 8.31. The van der Waals surface area contributed by atoms with Gasteiger partial charge >= 0.3 is 0 Å². The van der Waals surface area contributed by atoms with E-state index >= 15 is 0 Å². The Hall–Kier alpha value is -0.800. The summed E-state index contributed by atoms with van der Waals surface area (Å²) >= 11 is 5.44. The molecular formula is C12H11BrOS. The van der Waals surface area contributed by atoms with Crippen molar-refractivity contribution in [3.05, 3.63) is 52.2 Å². The lowest BCUT2D eigenvalue weighted by Gasteiger charge is -2.12. The van der Waals surface area contributed by atoms with Gasteiger partial charge in [-0.25, -0.2) is 0 Å². The summed E-state index contributed by atoms with van der Waals surface area (Å²) in [7, 11) is 1.70. The van der Waals surface area contributed by atoms with Gasteiger partial charge in [0.2, 0.25) is 0 Å². The molecule has 0 aliphatic heterocycles. The molecule has 0 amide bonds. The van der Waals surface area contributed by atoms with E-state index in [9.17, 15) is 0 Å². The van der Waals surface area contributed by atoms with Crippen LogP contribution in [0.5, 0.6) is 5.75 Å². The monoisotopic (exact) mass is 282 g/mol. The van der Waals surface area contributed by atoms with Crippen molar-refractivity contribution < 1.29 is 4.74 Å². The van der Waals surface area contributed by atoms with Crippen LogP contribution in [0.15, 0.2) is 41.8 Å². The fourth-order valence-electron chi connectivity index (χ4n) is 1.46. The normalized spacial score (nSPS) is 12.4. The predicted octanol–water partition coefficient (Wildman–Crippen LogP) is 4.24. The molecule has 1 aromatic heterocycles. The van der Waals surface area contributed by atoms with E-state index in [0.717, 1.165) is 5.75 Å². The Kier molecular flexibility index (Phi) is 3.44. The Morgan fingerprint density at radius 1 is 1.20 bits per heavy atom. The molecule has 2 aromatic rings. The maximum Gasteiger partial charge on any atom is 0.123 e. The van der Waals surface area contributed by atoms with Gasteiger partial charge < -0.3 is 4.74 Å². The van der Waals surface area contributed by atoms with Crippen LogP contribution in [-0.2, 0) is 0 Å². The van der Waals surface area contributed by atoms with Crippen LogP contribution >= 0.6 is 27.3 Å². The minimum atomic E-state index is 0.216. The molecule has 0 radical (unpaired) electrons. The molecule has 1 atom stereocenters. The Balaban J connectivity index is 2.37. The summed E-state index contributed by atoms with van der Waals surface area (Å²) in [5, 5.41) is 2.08. The quantitative estimate of drug-likeness (QED) is 0.765. The fraction of sp³-hybridized carbons (Fsp3) is 0.167. The highest BCUT2D eigenvalue weighted by Gasteiger charge is 2.14. The lowest BCUT2D eigenvalue weighted by Crippen LogP contribution is -1.94. The van der Waals surface area contributed by atoms with Crippen molar-refractivity contribution in [1.82, 2.24) is 0 Å². The SMILES string of the molecule is COc1ccccc1C(Br)c1cccs1.